The summed E-state index contributed by atoms with van der Waals surface area (Å²) in [6.07, 6.45) is 6.54. The summed E-state index contributed by atoms with van der Waals surface area (Å²) in [7, 11) is -3.00. The maximum atomic E-state index is 12.8. The molecule has 2 aromatic carbocycles. The van der Waals surface area contributed by atoms with E-state index in [4.69, 9.17) is 27.0 Å². The summed E-state index contributed by atoms with van der Waals surface area (Å²) in [5.74, 6) is 2.24. The van der Waals surface area contributed by atoms with E-state index in [2.05, 4.69) is 25.1 Å². The second kappa shape index (κ2) is 15.1. The van der Waals surface area contributed by atoms with Gasteiger partial charge in [0.25, 0.3) is 0 Å². The van der Waals surface area contributed by atoms with E-state index in [1.165, 1.54) is 32.4 Å². The predicted molar refractivity (Wildman–Crippen MR) is 165 cm³/mol. The number of rotatable bonds is 8. The fourth-order valence-electron chi connectivity index (χ4n) is 5.19. The van der Waals surface area contributed by atoms with E-state index in [1.54, 1.807) is 13.4 Å². The van der Waals surface area contributed by atoms with Gasteiger partial charge in [0.1, 0.15) is 12.1 Å². The van der Waals surface area contributed by atoms with E-state index in [0.29, 0.717) is 44.3 Å². The number of amides is 2. The van der Waals surface area contributed by atoms with Gasteiger partial charge >= 0.3 is 16.4 Å². The highest BCUT2D eigenvalue weighted by atomic mass is 32.3. The van der Waals surface area contributed by atoms with E-state index in [0.717, 1.165) is 40.9 Å². The number of likely N-dealkylation sites (tertiary alicyclic amines) is 1. The number of nitrogens with zero attached hydrogens (tertiary/aromatic N) is 5. The summed E-state index contributed by atoms with van der Waals surface area (Å²) in [6, 6.07) is 11.7. The molecule has 0 spiro atoms. The molecular weight excluding hydrogens is 576 g/mol. The van der Waals surface area contributed by atoms with Gasteiger partial charge in [-0.05, 0) is 57.5 Å². The van der Waals surface area contributed by atoms with Crippen molar-refractivity contribution in [1.82, 2.24) is 19.8 Å². The molecule has 1 aromatic heterocycles. The van der Waals surface area contributed by atoms with Crippen LogP contribution in [0, 0.1) is 6.92 Å². The van der Waals surface area contributed by atoms with Crippen LogP contribution in [0.5, 0.6) is 11.5 Å². The zero-order valence-corrected chi connectivity index (χ0v) is 25.4. The van der Waals surface area contributed by atoms with Crippen LogP contribution >= 0.6 is 0 Å². The summed E-state index contributed by atoms with van der Waals surface area (Å²) >= 11 is 0. The van der Waals surface area contributed by atoms with Crippen LogP contribution in [0.4, 0.5) is 16.3 Å². The monoisotopic (exact) mass is 616 g/mol. The Kier molecular flexibility index (Phi) is 11.3. The number of piperidine rings is 1. The van der Waals surface area contributed by atoms with Gasteiger partial charge in [-0.3, -0.25) is 9.11 Å². The minimum atomic E-state index is -4.67. The van der Waals surface area contributed by atoms with E-state index >= 15 is 0 Å². The van der Waals surface area contributed by atoms with Crippen molar-refractivity contribution in [1.29, 1.82) is 0 Å². The number of anilines is 2. The van der Waals surface area contributed by atoms with Crippen LogP contribution in [-0.2, 0) is 10.4 Å². The fourth-order valence-corrected chi connectivity index (χ4v) is 5.19. The highest BCUT2D eigenvalue weighted by Gasteiger charge is 2.24. The Morgan fingerprint density at radius 3 is 2.28 bits per heavy atom. The highest BCUT2D eigenvalue weighted by Crippen LogP contribution is 2.35. The number of nitrogens with one attached hydrogen (secondary N) is 1. The zero-order valence-electron chi connectivity index (χ0n) is 24.6. The third kappa shape index (κ3) is 9.92. The molecule has 0 aliphatic carbocycles. The minimum absolute atomic E-state index is 0.0789. The molecule has 13 nitrogen and oxygen atoms in total. The lowest BCUT2D eigenvalue weighted by molar-refractivity contribution is 0.203. The van der Waals surface area contributed by atoms with Crippen molar-refractivity contribution in [2.24, 2.45) is 0 Å². The van der Waals surface area contributed by atoms with Crippen LogP contribution in [0.2, 0.25) is 0 Å². The van der Waals surface area contributed by atoms with E-state index < -0.39 is 10.4 Å². The lowest BCUT2D eigenvalue weighted by Crippen LogP contribution is -2.50. The van der Waals surface area contributed by atoms with E-state index in [1.807, 2.05) is 48.2 Å². The Labute approximate surface area is 252 Å². The summed E-state index contributed by atoms with van der Waals surface area (Å²) in [4.78, 5) is 28.5. The maximum absolute atomic E-state index is 12.8. The Balaban J connectivity index is 0.000000782. The average molecular weight is 617 g/mol. The molecule has 3 aromatic rings. The molecule has 14 heteroatoms. The molecule has 0 saturated carbocycles. The van der Waals surface area contributed by atoms with Crippen molar-refractivity contribution < 1.29 is 31.8 Å². The van der Waals surface area contributed by atoms with Gasteiger partial charge in [-0.2, -0.15) is 8.42 Å². The first kappa shape index (κ1) is 32.2. The Hall–Kier alpha value is -3.72. The molecule has 0 unspecified atom stereocenters. The highest BCUT2D eigenvalue weighted by molar-refractivity contribution is 7.79. The third-order valence-corrected chi connectivity index (χ3v) is 7.39. The lowest BCUT2D eigenvalue weighted by atomic mass is 10.1. The second-order valence-corrected chi connectivity index (χ2v) is 11.4. The average Bonchev–Trinajstić information content (AvgIpc) is 2.99. The Bertz CT molecular complexity index is 1450. The zero-order chi connectivity index (χ0) is 30.8. The SMILES string of the molecule is COc1cc2c(N3CCN(C(=O)Nc4ccc(C)cc4)CC3)ncnc2cc1OCCCN1CCCCC1.O=S(=O)(O)O. The molecule has 2 fully saturated rings. The molecule has 0 bridgehead atoms. The number of aromatic nitrogens is 2. The van der Waals surface area contributed by atoms with Crippen LogP contribution in [0.1, 0.15) is 31.2 Å². The van der Waals surface area contributed by atoms with Crippen molar-refractivity contribution in [2.75, 3.05) is 69.7 Å². The standard InChI is InChI=1S/C29H38N6O3.H2O4S/c1-22-7-9-23(10-8-22)32-29(36)35-16-14-34(15-17-35)28-24-19-26(37-2)27(20-25(24)30-21-31-28)38-18-6-13-33-11-4-3-5-12-33;1-5(2,3)4/h7-10,19-21H,3-6,11-18H2,1-2H3,(H,32,36);(H2,1,2,3,4). The summed E-state index contributed by atoms with van der Waals surface area (Å²) in [5.41, 5.74) is 2.79. The van der Waals surface area contributed by atoms with Crippen molar-refractivity contribution in [3.8, 4) is 11.5 Å². The smallest absolute Gasteiger partial charge is 0.394 e. The van der Waals surface area contributed by atoms with Crippen molar-refractivity contribution in [3.63, 3.8) is 0 Å². The number of hydrogen-bond acceptors (Lipinski definition) is 9. The number of fused-ring (bicyclic) bond motifs is 1. The molecule has 234 valence electrons. The van der Waals surface area contributed by atoms with Crippen molar-refractivity contribution in [2.45, 2.75) is 32.6 Å². The van der Waals surface area contributed by atoms with Gasteiger partial charge in [-0.15, -0.1) is 0 Å². The van der Waals surface area contributed by atoms with E-state index in [-0.39, 0.29) is 6.03 Å². The predicted octanol–water partition coefficient (Wildman–Crippen LogP) is 3.90. The number of ether oxygens (including phenoxy) is 2. The van der Waals surface area contributed by atoms with Crippen molar-refractivity contribution in [3.05, 3.63) is 48.3 Å². The van der Waals surface area contributed by atoms with Crippen LogP contribution in [0.25, 0.3) is 10.9 Å². The van der Waals surface area contributed by atoms with Gasteiger partial charge in [0.15, 0.2) is 11.5 Å². The second-order valence-electron chi connectivity index (χ2n) is 10.5. The van der Waals surface area contributed by atoms with Gasteiger partial charge in [-0.1, -0.05) is 24.1 Å². The molecule has 2 aliphatic heterocycles. The van der Waals surface area contributed by atoms with Crippen molar-refractivity contribution >= 4 is 38.8 Å². The lowest BCUT2D eigenvalue weighted by Gasteiger charge is -2.35. The summed E-state index contributed by atoms with van der Waals surface area (Å²) in [6.45, 7) is 8.73. The largest absolute Gasteiger partial charge is 0.493 e. The molecule has 0 atom stereocenters. The first-order valence-corrected chi connectivity index (χ1v) is 15.8. The first-order valence-electron chi connectivity index (χ1n) is 14.4. The van der Waals surface area contributed by atoms with E-state index in [9.17, 15) is 4.79 Å². The number of methoxy groups -OCH3 is 1. The van der Waals surface area contributed by atoms with Crippen LogP contribution in [0.3, 0.4) is 0 Å². The number of hydrogen-bond donors (Lipinski definition) is 3. The van der Waals surface area contributed by atoms with Gasteiger partial charge in [0, 0.05) is 49.9 Å². The number of benzene rings is 2. The maximum Gasteiger partial charge on any atom is 0.394 e. The molecule has 2 amide bonds. The fraction of sp³-hybridized carbons (Fsp3) is 0.483. The van der Waals surface area contributed by atoms with Crippen LogP contribution in [0.15, 0.2) is 42.7 Å². The minimum Gasteiger partial charge on any atom is -0.493 e. The number of piperazine rings is 1. The molecule has 5 rings (SSSR count). The number of carbonyl (C=O) groups is 1. The van der Waals surface area contributed by atoms with Crippen LogP contribution < -0.4 is 19.7 Å². The third-order valence-electron chi connectivity index (χ3n) is 7.39. The van der Waals surface area contributed by atoms with Gasteiger partial charge in [0.05, 0.1) is 19.2 Å². The molecular formula is C29H40N6O7S. The van der Waals surface area contributed by atoms with Gasteiger partial charge in [0.2, 0.25) is 0 Å². The first-order chi connectivity index (χ1) is 20.6. The quantitative estimate of drug-likeness (QED) is 0.249. The molecule has 2 aliphatic rings. The number of aryl methyl sites for hydroxylation is 1. The summed E-state index contributed by atoms with van der Waals surface area (Å²) < 4.78 is 43.4. The Morgan fingerprint density at radius 2 is 1.63 bits per heavy atom. The number of urea groups is 1. The van der Waals surface area contributed by atoms with Crippen LogP contribution in [-0.4, -0.2) is 103 Å². The topological polar surface area (TPSA) is 158 Å². The molecule has 3 N–H and O–H groups in total. The molecule has 3 heterocycles. The number of carbonyl (C=O) groups excluding carboxylic acids is 1. The van der Waals surface area contributed by atoms with Gasteiger partial charge < -0.3 is 29.5 Å². The van der Waals surface area contributed by atoms with Gasteiger partial charge in [-0.25, -0.2) is 14.8 Å². The summed E-state index contributed by atoms with van der Waals surface area (Å²) in [5, 5.41) is 3.91. The Morgan fingerprint density at radius 1 is 0.953 bits per heavy atom. The normalized spacial score (nSPS) is 15.9. The molecule has 2 saturated heterocycles. The molecule has 43 heavy (non-hydrogen) atoms. The molecule has 0 radical (unpaired) electrons.